The SMILES string of the molecule is C[C@@H]1CC[C@H]2CC[C@@H]3[C@H](CC[C@]4(C)[C@@H](O)CC[C@@H]34)[C@@]2(C)C1. The van der Waals surface area contributed by atoms with Crippen LogP contribution in [0.4, 0.5) is 0 Å². The summed E-state index contributed by atoms with van der Waals surface area (Å²) >= 11 is 0. The van der Waals surface area contributed by atoms with Gasteiger partial charge in [-0.05, 0) is 91.8 Å². The van der Waals surface area contributed by atoms with Gasteiger partial charge in [0.25, 0.3) is 0 Å². The maximum atomic E-state index is 10.5. The van der Waals surface area contributed by atoms with Crippen molar-refractivity contribution in [3.05, 3.63) is 0 Å². The molecule has 4 rings (SSSR count). The van der Waals surface area contributed by atoms with Crippen molar-refractivity contribution >= 4 is 0 Å². The van der Waals surface area contributed by atoms with E-state index in [9.17, 15) is 5.11 Å². The molecule has 4 aliphatic carbocycles. The molecule has 4 saturated carbocycles. The highest BCUT2D eigenvalue weighted by atomic mass is 16.3. The second-order valence-electron chi connectivity index (χ2n) is 9.68. The molecule has 0 aliphatic heterocycles. The van der Waals surface area contributed by atoms with Crippen molar-refractivity contribution in [1.29, 1.82) is 0 Å². The fourth-order valence-electron chi connectivity index (χ4n) is 7.64. The molecule has 4 aliphatic rings. The van der Waals surface area contributed by atoms with Crippen molar-refractivity contribution in [2.75, 3.05) is 0 Å². The number of aliphatic hydroxyl groups is 1. The first-order chi connectivity index (χ1) is 9.95. The number of aliphatic hydroxyl groups excluding tert-OH is 1. The molecule has 8 atom stereocenters. The Morgan fingerprint density at radius 2 is 1.52 bits per heavy atom. The van der Waals surface area contributed by atoms with Crippen LogP contribution >= 0.6 is 0 Å². The predicted molar refractivity (Wildman–Crippen MR) is 86.9 cm³/mol. The van der Waals surface area contributed by atoms with Gasteiger partial charge in [0.05, 0.1) is 6.10 Å². The molecular formula is C20H34O. The topological polar surface area (TPSA) is 20.2 Å². The summed E-state index contributed by atoms with van der Waals surface area (Å²) in [6.45, 7) is 7.54. The van der Waals surface area contributed by atoms with Gasteiger partial charge in [0, 0.05) is 0 Å². The summed E-state index contributed by atoms with van der Waals surface area (Å²) in [5.41, 5.74) is 0.875. The summed E-state index contributed by atoms with van der Waals surface area (Å²) < 4.78 is 0. The van der Waals surface area contributed by atoms with Gasteiger partial charge >= 0.3 is 0 Å². The van der Waals surface area contributed by atoms with Crippen LogP contribution in [0.5, 0.6) is 0 Å². The zero-order chi connectivity index (χ0) is 14.8. The molecule has 0 spiro atoms. The maximum absolute atomic E-state index is 10.5. The number of hydrogen-bond donors (Lipinski definition) is 1. The van der Waals surface area contributed by atoms with E-state index in [1.807, 2.05) is 0 Å². The first-order valence-electron chi connectivity index (χ1n) is 9.63. The van der Waals surface area contributed by atoms with E-state index in [4.69, 9.17) is 0 Å². The van der Waals surface area contributed by atoms with Gasteiger partial charge in [-0.3, -0.25) is 0 Å². The molecule has 120 valence electrons. The minimum absolute atomic E-state index is 0.0146. The molecule has 0 bridgehead atoms. The Bertz CT molecular complexity index is 418. The van der Waals surface area contributed by atoms with Crippen LogP contribution in [0.2, 0.25) is 0 Å². The average Bonchev–Trinajstić information content (AvgIpc) is 2.74. The fourth-order valence-corrected chi connectivity index (χ4v) is 7.64. The van der Waals surface area contributed by atoms with E-state index in [1.54, 1.807) is 0 Å². The van der Waals surface area contributed by atoms with Gasteiger partial charge in [0.2, 0.25) is 0 Å². The van der Waals surface area contributed by atoms with Crippen molar-refractivity contribution in [2.24, 2.45) is 40.4 Å². The predicted octanol–water partition coefficient (Wildman–Crippen LogP) is 5.03. The van der Waals surface area contributed by atoms with Crippen molar-refractivity contribution in [3.63, 3.8) is 0 Å². The number of rotatable bonds is 0. The van der Waals surface area contributed by atoms with Gasteiger partial charge in [0.1, 0.15) is 0 Å². The van der Waals surface area contributed by atoms with Crippen LogP contribution in [0, 0.1) is 40.4 Å². The Kier molecular flexibility index (Phi) is 3.27. The number of fused-ring (bicyclic) bond motifs is 5. The van der Waals surface area contributed by atoms with Gasteiger partial charge in [-0.2, -0.15) is 0 Å². The lowest BCUT2D eigenvalue weighted by Gasteiger charge is -2.61. The molecule has 0 radical (unpaired) electrons. The van der Waals surface area contributed by atoms with Crippen molar-refractivity contribution in [3.8, 4) is 0 Å². The minimum atomic E-state index is -0.0146. The molecule has 4 fully saturated rings. The standard InChI is InChI=1S/C20H34O/c1-13-4-5-14-6-7-15-16-8-9-18(21)19(16,2)11-10-17(15)20(14,3)12-13/h13-18,21H,4-12H2,1-3H3/t13-,14+,15+,16+,17+,18+,19+,20+/m1/s1. The zero-order valence-corrected chi connectivity index (χ0v) is 14.3. The van der Waals surface area contributed by atoms with E-state index in [0.717, 1.165) is 36.0 Å². The molecule has 0 aromatic rings. The highest BCUT2D eigenvalue weighted by Crippen LogP contribution is 2.66. The lowest BCUT2D eigenvalue weighted by molar-refractivity contribution is -0.127. The lowest BCUT2D eigenvalue weighted by atomic mass is 9.44. The molecule has 0 aromatic carbocycles. The summed E-state index contributed by atoms with van der Waals surface area (Å²) in [6, 6.07) is 0. The summed E-state index contributed by atoms with van der Waals surface area (Å²) in [4.78, 5) is 0. The molecule has 1 N–H and O–H groups in total. The summed E-state index contributed by atoms with van der Waals surface area (Å²) in [5.74, 6) is 4.65. The molecule has 21 heavy (non-hydrogen) atoms. The van der Waals surface area contributed by atoms with E-state index < -0.39 is 0 Å². The molecular weight excluding hydrogens is 256 g/mol. The highest BCUT2D eigenvalue weighted by molar-refractivity contribution is 5.09. The first kappa shape index (κ1) is 14.5. The second kappa shape index (κ2) is 4.73. The van der Waals surface area contributed by atoms with Gasteiger partial charge in [-0.1, -0.05) is 27.2 Å². The van der Waals surface area contributed by atoms with Crippen molar-refractivity contribution in [2.45, 2.75) is 84.7 Å². The summed E-state index contributed by atoms with van der Waals surface area (Å²) in [5, 5.41) is 10.5. The molecule has 0 saturated heterocycles. The minimum Gasteiger partial charge on any atom is -0.393 e. The summed E-state index contributed by atoms with van der Waals surface area (Å²) in [6.07, 6.45) is 12.4. The van der Waals surface area contributed by atoms with E-state index in [2.05, 4.69) is 20.8 Å². The Morgan fingerprint density at radius 3 is 2.33 bits per heavy atom. The monoisotopic (exact) mass is 290 g/mol. The summed E-state index contributed by atoms with van der Waals surface area (Å²) in [7, 11) is 0. The Labute approximate surface area is 130 Å². The van der Waals surface area contributed by atoms with Gasteiger partial charge in [-0.15, -0.1) is 0 Å². The van der Waals surface area contributed by atoms with Gasteiger partial charge < -0.3 is 5.11 Å². The van der Waals surface area contributed by atoms with Crippen molar-refractivity contribution < 1.29 is 5.11 Å². The van der Waals surface area contributed by atoms with Crippen LogP contribution in [-0.4, -0.2) is 11.2 Å². The average molecular weight is 290 g/mol. The van der Waals surface area contributed by atoms with Gasteiger partial charge in [0.15, 0.2) is 0 Å². The maximum Gasteiger partial charge on any atom is 0.0596 e. The largest absolute Gasteiger partial charge is 0.393 e. The van der Waals surface area contributed by atoms with Crippen LogP contribution in [0.25, 0.3) is 0 Å². The van der Waals surface area contributed by atoms with Crippen LogP contribution in [0.1, 0.15) is 78.6 Å². The highest BCUT2D eigenvalue weighted by Gasteiger charge is 2.59. The Hall–Kier alpha value is -0.0400. The van der Waals surface area contributed by atoms with E-state index in [-0.39, 0.29) is 11.5 Å². The third-order valence-electron chi connectivity index (χ3n) is 8.81. The normalized spacial score (nSPS) is 60.0. The number of hydrogen-bond acceptors (Lipinski definition) is 1. The molecule has 0 heterocycles. The van der Waals surface area contributed by atoms with E-state index >= 15 is 0 Å². The smallest absolute Gasteiger partial charge is 0.0596 e. The van der Waals surface area contributed by atoms with Crippen LogP contribution < -0.4 is 0 Å². The van der Waals surface area contributed by atoms with Crippen LogP contribution in [0.15, 0.2) is 0 Å². The fraction of sp³-hybridized carbons (Fsp3) is 1.00. The molecule has 0 unspecified atom stereocenters. The molecule has 1 heteroatoms. The third kappa shape index (κ3) is 1.92. The Balaban J connectivity index is 1.64. The van der Waals surface area contributed by atoms with E-state index in [1.165, 1.54) is 51.4 Å². The quantitative estimate of drug-likeness (QED) is 0.663. The molecule has 1 nitrogen and oxygen atoms in total. The third-order valence-corrected chi connectivity index (χ3v) is 8.81. The first-order valence-corrected chi connectivity index (χ1v) is 9.63. The zero-order valence-electron chi connectivity index (χ0n) is 14.3. The Morgan fingerprint density at radius 1 is 0.810 bits per heavy atom. The molecule has 0 amide bonds. The second-order valence-corrected chi connectivity index (χ2v) is 9.68. The molecule has 0 aromatic heterocycles. The van der Waals surface area contributed by atoms with Gasteiger partial charge in [-0.25, -0.2) is 0 Å². The van der Waals surface area contributed by atoms with Crippen molar-refractivity contribution in [1.82, 2.24) is 0 Å². The van der Waals surface area contributed by atoms with Crippen LogP contribution in [0.3, 0.4) is 0 Å². The lowest BCUT2D eigenvalue weighted by Crippen LogP contribution is -2.54. The van der Waals surface area contributed by atoms with E-state index in [0.29, 0.717) is 5.41 Å². The van der Waals surface area contributed by atoms with Crippen LogP contribution in [-0.2, 0) is 0 Å².